The molecule has 11 heteroatoms. The molecule has 1 amide bonds. The highest BCUT2D eigenvalue weighted by molar-refractivity contribution is 6.43. The third kappa shape index (κ3) is 5.37. The Morgan fingerprint density at radius 1 is 1.12 bits per heavy atom. The smallest absolute Gasteiger partial charge is 0.257 e. The van der Waals surface area contributed by atoms with Crippen LogP contribution in [0.1, 0.15) is 42.7 Å². The van der Waals surface area contributed by atoms with E-state index in [1.807, 2.05) is 47.1 Å². The van der Waals surface area contributed by atoms with Crippen LogP contribution in [0.2, 0.25) is 15.2 Å². The summed E-state index contributed by atoms with van der Waals surface area (Å²) in [6, 6.07) is 11.0. The largest absolute Gasteiger partial charge is 0.493 e. The van der Waals surface area contributed by atoms with Crippen molar-refractivity contribution in [1.82, 2.24) is 24.5 Å². The summed E-state index contributed by atoms with van der Waals surface area (Å²) in [6.45, 7) is 6.51. The number of hydrogen-bond acceptors (Lipinski definition) is 5. The third-order valence-electron chi connectivity index (χ3n) is 8.01. The van der Waals surface area contributed by atoms with Crippen molar-refractivity contribution in [1.29, 1.82) is 0 Å². The van der Waals surface area contributed by atoms with Gasteiger partial charge in [0.25, 0.3) is 5.91 Å². The van der Waals surface area contributed by atoms with Crippen LogP contribution in [-0.2, 0) is 20.2 Å². The number of likely N-dealkylation sites (tertiary alicyclic amines) is 1. The fourth-order valence-corrected chi connectivity index (χ4v) is 6.17. The number of methoxy groups -OCH3 is 1. The number of ether oxygens (including phenoxy) is 2. The van der Waals surface area contributed by atoms with E-state index < -0.39 is 0 Å². The van der Waals surface area contributed by atoms with E-state index in [1.54, 1.807) is 23.8 Å². The van der Waals surface area contributed by atoms with E-state index in [2.05, 4.69) is 24.2 Å². The molecule has 1 fully saturated rings. The van der Waals surface area contributed by atoms with E-state index in [-0.39, 0.29) is 23.8 Å². The Labute approximate surface area is 248 Å². The number of aromatic nitrogens is 4. The molecular formula is C29H32Cl3N5O3. The monoisotopic (exact) mass is 603 g/mol. The second-order valence-electron chi connectivity index (χ2n) is 10.7. The van der Waals surface area contributed by atoms with Gasteiger partial charge in [-0.2, -0.15) is 0 Å². The lowest BCUT2D eigenvalue weighted by molar-refractivity contribution is 0.0240. The lowest BCUT2D eigenvalue weighted by atomic mass is 9.71. The topological polar surface area (TPSA) is 74.4 Å². The van der Waals surface area contributed by atoms with Crippen molar-refractivity contribution in [2.45, 2.75) is 39.8 Å². The number of halogens is 3. The van der Waals surface area contributed by atoms with E-state index in [0.29, 0.717) is 63.0 Å². The van der Waals surface area contributed by atoms with Crippen molar-refractivity contribution < 1.29 is 14.3 Å². The highest BCUT2D eigenvalue weighted by Crippen LogP contribution is 2.41. The molecule has 2 aromatic carbocycles. The molecule has 0 N–H and O–H groups in total. The van der Waals surface area contributed by atoms with E-state index >= 15 is 0 Å². The van der Waals surface area contributed by atoms with Gasteiger partial charge >= 0.3 is 0 Å². The number of piperidine rings is 1. The maximum absolute atomic E-state index is 14.0. The molecule has 0 saturated carbocycles. The van der Waals surface area contributed by atoms with Crippen LogP contribution in [0.25, 0.3) is 10.9 Å². The highest BCUT2D eigenvalue weighted by atomic mass is 35.5. The van der Waals surface area contributed by atoms with Gasteiger partial charge in [0.05, 0.1) is 41.0 Å². The molecular weight excluding hydrogens is 573 g/mol. The zero-order valence-electron chi connectivity index (χ0n) is 23.0. The number of carbonyl (C=O) groups is 1. The molecule has 40 heavy (non-hydrogen) atoms. The Kier molecular flexibility index (Phi) is 8.22. The first-order valence-electron chi connectivity index (χ1n) is 13.2. The van der Waals surface area contributed by atoms with Crippen molar-refractivity contribution in [2.75, 3.05) is 20.2 Å². The SMILES string of the molecule is COc1ccccc1OCc1cn(CC2(C(C)C)CCCN(C(=O)c3c(Cl)n(C)c4cc(Cl)c(Cl)cc34)C2)nn1. The highest BCUT2D eigenvalue weighted by Gasteiger charge is 2.41. The Balaban J connectivity index is 1.35. The van der Waals surface area contributed by atoms with Crippen LogP contribution in [-0.4, -0.2) is 50.6 Å². The molecule has 0 bridgehead atoms. The number of rotatable bonds is 8. The van der Waals surface area contributed by atoms with Crippen molar-refractivity contribution >= 4 is 51.6 Å². The van der Waals surface area contributed by atoms with Crippen LogP contribution in [0.15, 0.2) is 42.6 Å². The Morgan fingerprint density at radius 3 is 2.58 bits per heavy atom. The molecule has 2 aromatic heterocycles. The summed E-state index contributed by atoms with van der Waals surface area (Å²) >= 11 is 19.3. The minimum atomic E-state index is -0.194. The number of fused-ring (bicyclic) bond motifs is 1. The number of aryl methyl sites for hydroxylation is 1. The van der Waals surface area contributed by atoms with Gasteiger partial charge in [-0.3, -0.25) is 9.48 Å². The van der Waals surface area contributed by atoms with E-state index in [1.165, 1.54) is 0 Å². The van der Waals surface area contributed by atoms with Crippen LogP contribution >= 0.6 is 34.8 Å². The maximum atomic E-state index is 14.0. The number of amides is 1. The molecule has 1 atom stereocenters. The summed E-state index contributed by atoms with van der Waals surface area (Å²) in [7, 11) is 3.43. The van der Waals surface area contributed by atoms with Gasteiger partial charge in [-0.05, 0) is 43.0 Å². The molecule has 212 valence electrons. The number of para-hydroxylation sites is 2. The lowest BCUT2D eigenvalue weighted by Gasteiger charge is -2.45. The summed E-state index contributed by atoms with van der Waals surface area (Å²) < 4.78 is 14.9. The third-order valence-corrected chi connectivity index (χ3v) is 9.18. The first kappa shape index (κ1) is 28.6. The van der Waals surface area contributed by atoms with Crippen LogP contribution in [0.3, 0.4) is 0 Å². The first-order valence-corrected chi connectivity index (χ1v) is 14.3. The second-order valence-corrected chi connectivity index (χ2v) is 11.9. The predicted molar refractivity (Wildman–Crippen MR) is 158 cm³/mol. The second kappa shape index (κ2) is 11.5. The van der Waals surface area contributed by atoms with Gasteiger partial charge in [0.15, 0.2) is 11.5 Å². The molecule has 0 spiro atoms. The summed E-state index contributed by atoms with van der Waals surface area (Å²) in [5, 5.41) is 10.6. The molecule has 3 heterocycles. The average Bonchev–Trinajstić information content (AvgIpc) is 3.49. The van der Waals surface area contributed by atoms with E-state index in [9.17, 15) is 4.79 Å². The van der Waals surface area contributed by atoms with Gasteiger partial charge in [0, 0.05) is 30.9 Å². The first-order chi connectivity index (χ1) is 19.1. The van der Waals surface area contributed by atoms with Crippen LogP contribution in [0.4, 0.5) is 0 Å². The maximum Gasteiger partial charge on any atom is 0.257 e. The van der Waals surface area contributed by atoms with Crippen LogP contribution in [0.5, 0.6) is 11.5 Å². The quantitative estimate of drug-likeness (QED) is 0.219. The zero-order valence-corrected chi connectivity index (χ0v) is 25.2. The van der Waals surface area contributed by atoms with Crippen LogP contribution < -0.4 is 9.47 Å². The number of carbonyl (C=O) groups excluding carboxylic acids is 1. The minimum absolute atomic E-state index is 0.108. The van der Waals surface area contributed by atoms with Crippen LogP contribution in [0, 0.1) is 11.3 Å². The zero-order chi connectivity index (χ0) is 28.6. The normalized spacial score (nSPS) is 17.6. The van der Waals surface area contributed by atoms with Gasteiger partial charge in [0.1, 0.15) is 17.5 Å². The molecule has 5 rings (SSSR count). The number of nitrogens with zero attached hydrogens (tertiary/aromatic N) is 5. The molecule has 0 aliphatic carbocycles. The Morgan fingerprint density at radius 2 is 1.85 bits per heavy atom. The van der Waals surface area contributed by atoms with Crippen molar-refractivity contribution in [3.63, 3.8) is 0 Å². The summed E-state index contributed by atoms with van der Waals surface area (Å²) in [6.07, 6.45) is 3.75. The molecule has 1 aliphatic rings. The fraction of sp³-hybridized carbons (Fsp3) is 0.414. The molecule has 1 aliphatic heterocycles. The van der Waals surface area contributed by atoms with Gasteiger partial charge in [-0.15, -0.1) is 5.10 Å². The Hall–Kier alpha value is -2.94. The van der Waals surface area contributed by atoms with Gasteiger partial charge in [0.2, 0.25) is 0 Å². The fourth-order valence-electron chi connectivity index (χ4n) is 5.57. The van der Waals surface area contributed by atoms with Crippen molar-refractivity contribution in [3.8, 4) is 11.5 Å². The standard InChI is InChI=1S/C29H32Cl3N5O3/c1-18(2)29(17-37-14-19(33-34-37)15-40-25-9-6-5-8-24(25)39-4)10-7-11-36(16-29)28(38)26-20-12-21(30)22(31)13-23(20)35(3)27(26)32/h5-6,8-9,12-14,18H,7,10-11,15-17H2,1-4H3. The lowest BCUT2D eigenvalue weighted by Crippen LogP contribution is -2.50. The molecule has 8 nitrogen and oxygen atoms in total. The summed E-state index contributed by atoms with van der Waals surface area (Å²) in [4.78, 5) is 15.9. The molecule has 4 aromatic rings. The predicted octanol–water partition coefficient (Wildman–Crippen LogP) is 6.90. The average molecular weight is 605 g/mol. The molecule has 0 radical (unpaired) electrons. The minimum Gasteiger partial charge on any atom is -0.493 e. The molecule has 1 saturated heterocycles. The van der Waals surface area contributed by atoms with E-state index in [0.717, 1.165) is 18.4 Å². The van der Waals surface area contributed by atoms with Crippen molar-refractivity contribution in [3.05, 3.63) is 69.1 Å². The number of hydrogen-bond donors (Lipinski definition) is 0. The van der Waals surface area contributed by atoms with E-state index in [4.69, 9.17) is 44.3 Å². The Bertz CT molecular complexity index is 1550. The van der Waals surface area contributed by atoms with Crippen molar-refractivity contribution in [2.24, 2.45) is 18.4 Å². The van der Waals surface area contributed by atoms with Gasteiger partial charge in [-0.25, -0.2) is 0 Å². The summed E-state index contributed by atoms with van der Waals surface area (Å²) in [5.74, 6) is 1.49. The van der Waals surface area contributed by atoms with Gasteiger partial charge in [-0.1, -0.05) is 66.0 Å². The summed E-state index contributed by atoms with van der Waals surface area (Å²) in [5.41, 5.74) is 1.74. The molecule has 1 unspecified atom stereocenters. The number of benzene rings is 2. The van der Waals surface area contributed by atoms with Gasteiger partial charge < -0.3 is 18.9 Å².